The Morgan fingerprint density at radius 2 is 1.19 bits per heavy atom. The molecule has 0 atom stereocenters. The zero-order valence-electron chi connectivity index (χ0n) is 19.2. The van der Waals surface area contributed by atoms with Crippen molar-refractivity contribution in [2.75, 3.05) is 0 Å². The Hall–Kier alpha value is -5.91. The lowest BCUT2D eigenvalue weighted by atomic mass is 10.1. The Kier molecular flexibility index (Phi) is 5.08. The molecular formula is C29H14N8. The third kappa shape index (κ3) is 3.61. The predicted octanol–water partition coefficient (Wildman–Crippen LogP) is 5.31. The summed E-state index contributed by atoms with van der Waals surface area (Å²) >= 11 is 0. The van der Waals surface area contributed by atoms with E-state index in [9.17, 15) is 10.5 Å². The van der Waals surface area contributed by atoms with Gasteiger partial charge >= 0.3 is 0 Å². The molecule has 3 aromatic heterocycles. The number of nitriles is 3. The van der Waals surface area contributed by atoms with Crippen LogP contribution in [0, 0.1) is 34.0 Å². The number of nitrogens with zero attached hydrogens (tertiary/aromatic N) is 8. The first kappa shape index (κ1) is 21.6. The maximum absolute atomic E-state index is 9.58. The van der Waals surface area contributed by atoms with Crippen molar-refractivity contribution < 1.29 is 0 Å². The summed E-state index contributed by atoms with van der Waals surface area (Å²) in [5.41, 5.74) is 5.32. The van der Waals surface area contributed by atoms with Gasteiger partial charge in [-0.2, -0.15) is 15.8 Å². The molecule has 0 aliphatic carbocycles. The van der Waals surface area contributed by atoms with Gasteiger partial charge in [0.25, 0.3) is 0 Å². The molecule has 0 spiro atoms. The molecule has 3 aromatic carbocycles. The second kappa shape index (κ2) is 8.70. The molecule has 0 fully saturated rings. The summed E-state index contributed by atoms with van der Waals surface area (Å²) in [7, 11) is 0. The van der Waals surface area contributed by atoms with E-state index in [2.05, 4.69) is 36.6 Å². The minimum Gasteiger partial charge on any atom is -0.308 e. The highest BCUT2D eigenvalue weighted by atomic mass is 15.0. The quantitative estimate of drug-likeness (QED) is 0.340. The van der Waals surface area contributed by atoms with Crippen LogP contribution >= 0.6 is 0 Å². The number of rotatable bonds is 3. The number of hydrogen-bond acceptors (Lipinski definition) is 7. The summed E-state index contributed by atoms with van der Waals surface area (Å²) in [5.74, 6) is 0.876. The number of fused-ring (bicyclic) bond motifs is 3. The van der Waals surface area contributed by atoms with Crippen molar-refractivity contribution in [2.24, 2.45) is 0 Å². The van der Waals surface area contributed by atoms with Gasteiger partial charge < -0.3 is 4.57 Å². The Balaban J connectivity index is 1.67. The van der Waals surface area contributed by atoms with Crippen molar-refractivity contribution in [3.05, 3.63) is 102 Å². The lowest BCUT2D eigenvalue weighted by Gasteiger charge is -2.14. The van der Waals surface area contributed by atoms with Crippen molar-refractivity contribution >= 4 is 21.8 Å². The molecule has 37 heavy (non-hydrogen) atoms. The molecular weight excluding hydrogens is 460 g/mol. The van der Waals surface area contributed by atoms with Crippen molar-refractivity contribution in [3.63, 3.8) is 0 Å². The topological polar surface area (TPSA) is 128 Å². The average molecular weight is 474 g/mol. The van der Waals surface area contributed by atoms with Crippen molar-refractivity contribution in [1.82, 2.24) is 24.5 Å². The average Bonchev–Trinajstić information content (AvgIpc) is 3.30. The Bertz CT molecular complexity index is 1950. The highest BCUT2D eigenvalue weighted by molar-refractivity contribution is 6.10. The molecule has 0 aliphatic heterocycles. The van der Waals surface area contributed by atoms with E-state index in [-0.39, 0.29) is 0 Å². The standard InChI is InChI=1S/C29H14N8/c30-11-18-5-7-23-22-3-1-2-4-25(22)37(27(23)9-18)26-8-6-21(28-33-14-19(12-31)15-34-28)10-24(26)29-35-16-20(13-32)17-36-29/h1-10,14-17H. The highest BCUT2D eigenvalue weighted by Gasteiger charge is 2.18. The Labute approximate surface area is 211 Å². The summed E-state index contributed by atoms with van der Waals surface area (Å²) < 4.78 is 2.09. The van der Waals surface area contributed by atoms with Crippen LogP contribution in [-0.2, 0) is 0 Å². The molecule has 6 aromatic rings. The number of aromatic nitrogens is 5. The van der Waals surface area contributed by atoms with E-state index >= 15 is 0 Å². The zero-order valence-corrected chi connectivity index (χ0v) is 19.2. The van der Waals surface area contributed by atoms with Gasteiger partial charge in [0.2, 0.25) is 0 Å². The molecule has 8 heteroatoms. The van der Waals surface area contributed by atoms with Gasteiger partial charge in [0.1, 0.15) is 12.1 Å². The minimum absolute atomic E-state index is 0.354. The van der Waals surface area contributed by atoms with E-state index in [1.54, 1.807) is 0 Å². The minimum atomic E-state index is 0.354. The van der Waals surface area contributed by atoms with Crippen LogP contribution in [0.25, 0.3) is 50.3 Å². The predicted molar refractivity (Wildman–Crippen MR) is 137 cm³/mol. The smallest absolute Gasteiger partial charge is 0.161 e. The summed E-state index contributed by atoms with van der Waals surface area (Å²) in [6.07, 6.45) is 5.92. The molecule has 8 nitrogen and oxygen atoms in total. The largest absolute Gasteiger partial charge is 0.308 e. The second-order valence-corrected chi connectivity index (χ2v) is 8.24. The molecule has 0 unspecified atom stereocenters. The molecule has 0 bridgehead atoms. The molecule has 0 amide bonds. The summed E-state index contributed by atoms with van der Waals surface area (Å²) in [6.45, 7) is 0. The summed E-state index contributed by atoms with van der Waals surface area (Å²) in [6, 6.07) is 25.7. The molecule has 0 N–H and O–H groups in total. The zero-order chi connectivity index (χ0) is 25.4. The maximum Gasteiger partial charge on any atom is 0.161 e. The van der Waals surface area contributed by atoms with E-state index < -0.39 is 0 Å². The lowest BCUT2D eigenvalue weighted by molar-refractivity contribution is 1.12. The van der Waals surface area contributed by atoms with Gasteiger partial charge in [0.05, 0.1) is 39.5 Å². The van der Waals surface area contributed by atoms with Crippen LogP contribution < -0.4 is 0 Å². The van der Waals surface area contributed by atoms with Gasteiger partial charge in [0, 0.05) is 46.7 Å². The fourth-order valence-corrected chi connectivity index (χ4v) is 4.41. The van der Waals surface area contributed by atoms with Crippen LogP contribution in [0.2, 0.25) is 0 Å². The number of para-hydroxylation sites is 1. The van der Waals surface area contributed by atoms with E-state index in [0.29, 0.717) is 33.9 Å². The van der Waals surface area contributed by atoms with Gasteiger partial charge in [-0.3, -0.25) is 0 Å². The van der Waals surface area contributed by atoms with Crippen LogP contribution in [0.4, 0.5) is 0 Å². The highest BCUT2D eigenvalue weighted by Crippen LogP contribution is 2.37. The third-order valence-electron chi connectivity index (χ3n) is 6.10. The van der Waals surface area contributed by atoms with Crippen LogP contribution in [0.15, 0.2) is 85.5 Å². The molecule has 0 radical (unpaired) electrons. The van der Waals surface area contributed by atoms with Gasteiger partial charge in [-0.1, -0.05) is 24.3 Å². The normalized spacial score (nSPS) is 10.6. The van der Waals surface area contributed by atoms with Crippen LogP contribution in [0.5, 0.6) is 0 Å². The fourth-order valence-electron chi connectivity index (χ4n) is 4.41. The van der Waals surface area contributed by atoms with Gasteiger partial charge in [-0.05, 0) is 36.4 Å². The fraction of sp³-hybridized carbons (Fsp3) is 0. The van der Waals surface area contributed by atoms with E-state index in [1.165, 1.54) is 24.8 Å². The summed E-state index contributed by atoms with van der Waals surface area (Å²) in [5, 5.41) is 30.0. The second-order valence-electron chi connectivity index (χ2n) is 8.24. The van der Waals surface area contributed by atoms with E-state index in [0.717, 1.165) is 33.1 Å². The molecule has 3 heterocycles. The molecule has 6 rings (SSSR count). The molecule has 0 aliphatic rings. The first-order chi connectivity index (χ1) is 18.2. The molecule has 0 saturated carbocycles. The molecule has 170 valence electrons. The number of benzene rings is 3. The van der Waals surface area contributed by atoms with Crippen molar-refractivity contribution in [2.45, 2.75) is 0 Å². The monoisotopic (exact) mass is 474 g/mol. The van der Waals surface area contributed by atoms with Gasteiger partial charge in [0.15, 0.2) is 11.6 Å². The van der Waals surface area contributed by atoms with Gasteiger partial charge in [-0.15, -0.1) is 0 Å². The Morgan fingerprint density at radius 3 is 1.86 bits per heavy atom. The Morgan fingerprint density at radius 1 is 0.568 bits per heavy atom. The lowest BCUT2D eigenvalue weighted by Crippen LogP contribution is -2.01. The SMILES string of the molecule is N#Cc1cnc(-c2ccc(-n3c4ccccc4c4ccc(C#N)cc43)c(-c3ncc(C#N)cn3)c2)nc1. The van der Waals surface area contributed by atoms with E-state index in [1.807, 2.05) is 66.7 Å². The first-order valence-electron chi connectivity index (χ1n) is 11.2. The summed E-state index contributed by atoms with van der Waals surface area (Å²) in [4.78, 5) is 17.6. The van der Waals surface area contributed by atoms with Crippen molar-refractivity contribution in [3.8, 4) is 46.7 Å². The van der Waals surface area contributed by atoms with Gasteiger partial charge in [-0.25, -0.2) is 19.9 Å². The van der Waals surface area contributed by atoms with E-state index in [4.69, 9.17) is 5.26 Å². The van der Waals surface area contributed by atoms with Crippen LogP contribution in [0.1, 0.15) is 16.7 Å². The van der Waals surface area contributed by atoms with Crippen molar-refractivity contribution in [1.29, 1.82) is 15.8 Å². The van der Waals surface area contributed by atoms with Crippen LogP contribution in [-0.4, -0.2) is 24.5 Å². The number of hydrogen-bond donors (Lipinski definition) is 0. The maximum atomic E-state index is 9.58. The molecule has 0 saturated heterocycles. The van der Waals surface area contributed by atoms with Crippen LogP contribution in [0.3, 0.4) is 0 Å². The third-order valence-corrected chi connectivity index (χ3v) is 6.10. The first-order valence-corrected chi connectivity index (χ1v) is 11.2.